The first kappa shape index (κ1) is 26.1. The van der Waals surface area contributed by atoms with Crippen LogP contribution in [-0.4, -0.2) is 63.7 Å². The van der Waals surface area contributed by atoms with Gasteiger partial charge in [-0.2, -0.15) is 5.26 Å². The fourth-order valence-corrected chi connectivity index (χ4v) is 5.02. The molecule has 0 radical (unpaired) electrons. The lowest BCUT2D eigenvalue weighted by atomic mass is 10.0. The number of carbonyl (C=O) groups excluding carboxylic acids is 2. The molecule has 3 amide bonds. The van der Waals surface area contributed by atoms with Gasteiger partial charge < -0.3 is 14.5 Å². The van der Waals surface area contributed by atoms with Crippen LogP contribution in [0.3, 0.4) is 0 Å². The van der Waals surface area contributed by atoms with E-state index in [4.69, 9.17) is 9.72 Å². The molecular formula is C27H30N6O3S. The molecule has 1 aliphatic heterocycles. The molecule has 0 aliphatic carbocycles. The maximum atomic E-state index is 13.1. The predicted octanol–water partition coefficient (Wildman–Crippen LogP) is 5.45. The van der Waals surface area contributed by atoms with Crippen molar-refractivity contribution in [2.24, 2.45) is 0 Å². The van der Waals surface area contributed by atoms with Crippen molar-refractivity contribution in [1.82, 2.24) is 19.8 Å². The van der Waals surface area contributed by atoms with Gasteiger partial charge in [-0.15, -0.1) is 0 Å². The minimum Gasteiger partial charge on any atom is -0.444 e. The number of aryl methyl sites for hydroxylation is 2. The van der Waals surface area contributed by atoms with Crippen LogP contribution in [0.1, 0.15) is 37.7 Å². The second kappa shape index (κ2) is 10.6. The minimum absolute atomic E-state index is 0.274. The van der Waals surface area contributed by atoms with Crippen LogP contribution in [0.15, 0.2) is 36.4 Å². The topological polar surface area (TPSA) is 111 Å². The summed E-state index contributed by atoms with van der Waals surface area (Å²) in [7, 11) is 0. The van der Waals surface area contributed by atoms with E-state index in [0.29, 0.717) is 42.6 Å². The number of piperazine rings is 1. The summed E-state index contributed by atoms with van der Waals surface area (Å²) in [6, 6.07) is 13.1. The lowest BCUT2D eigenvalue weighted by Crippen LogP contribution is -2.52. The van der Waals surface area contributed by atoms with Crippen molar-refractivity contribution in [3.63, 3.8) is 0 Å². The molecular weight excluding hydrogens is 488 g/mol. The summed E-state index contributed by atoms with van der Waals surface area (Å²) in [6.07, 6.45) is -0.371. The van der Waals surface area contributed by atoms with Gasteiger partial charge in [0, 0.05) is 43.1 Å². The molecule has 1 fully saturated rings. The van der Waals surface area contributed by atoms with E-state index in [1.54, 1.807) is 21.9 Å². The lowest BCUT2D eigenvalue weighted by Gasteiger charge is -2.35. The Morgan fingerprint density at radius 3 is 2.27 bits per heavy atom. The van der Waals surface area contributed by atoms with Gasteiger partial charge >= 0.3 is 12.1 Å². The number of benzene rings is 1. The summed E-state index contributed by atoms with van der Waals surface area (Å²) in [4.78, 5) is 38.8. The van der Waals surface area contributed by atoms with Crippen LogP contribution in [0.25, 0.3) is 21.7 Å². The Labute approximate surface area is 220 Å². The molecule has 0 saturated carbocycles. The zero-order valence-corrected chi connectivity index (χ0v) is 22.5. The average Bonchev–Trinajstić information content (AvgIpc) is 3.26. The van der Waals surface area contributed by atoms with E-state index in [1.165, 1.54) is 11.3 Å². The number of hydrogen-bond acceptors (Lipinski definition) is 7. The molecule has 10 heteroatoms. The van der Waals surface area contributed by atoms with Gasteiger partial charge in [0.05, 0.1) is 22.2 Å². The van der Waals surface area contributed by atoms with Crippen molar-refractivity contribution in [1.29, 1.82) is 5.26 Å². The molecule has 1 aliphatic rings. The molecule has 192 valence electrons. The van der Waals surface area contributed by atoms with Crippen LogP contribution >= 0.6 is 11.3 Å². The number of urea groups is 1. The Bertz CT molecular complexity index is 1340. The third-order valence-electron chi connectivity index (χ3n) is 5.67. The highest BCUT2D eigenvalue weighted by Gasteiger charge is 2.28. The van der Waals surface area contributed by atoms with Crippen molar-refractivity contribution >= 4 is 28.6 Å². The summed E-state index contributed by atoms with van der Waals surface area (Å²) in [5, 5.41) is 12.8. The lowest BCUT2D eigenvalue weighted by molar-refractivity contribution is 0.0174. The predicted molar refractivity (Wildman–Crippen MR) is 143 cm³/mol. The van der Waals surface area contributed by atoms with Gasteiger partial charge in [-0.1, -0.05) is 23.5 Å². The van der Waals surface area contributed by atoms with Gasteiger partial charge in [-0.05, 0) is 64.4 Å². The summed E-state index contributed by atoms with van der Waals surface area (Å²) in [6.45, 7) is 10.9. The first-order chi connectivity index (χ1) is 17.5. The smallest absolute Gasteiger partial charge is 0.410 e. The zero-order chi connectivity index (χ0) is 26.7. The van der Waals surface area contributed by atoms with Crippen molar-refractivity contribution in [2.45, 2.75) is 40.2 Å². The Morgan fingerprint density at radius 2 is 1.65 bits per heavy atom. The third-order valence-corrected chi connectivity index (χ3v) is 6.69. The second-order valence-corrected chi connectivity index (χ2v) is 10.9. The standard InChI is InChI=1S/C27H30N6O3S/c1-17-13-21(14-18(2)29-17)23-22(20-8-6-7-19(15-20)16-28)30-24(37-23)31-25(34)32-9-11-33(12-10-32)26(35)36-27(3,4)5/h6-8,13-15H,9-12H2,1-5H3,(H,30,31,34). The first-order valence-electron chi connectivity index (χ1n) is 12.0. The number of carbonyl (C=O) groups is 2. The number of anilines is 1. The molecule has 3 aromatic rings. The van der Waals surface area contributed by atoms with E-state index >= 15 is 0 Å². The second-order valence-electron chi connectivity index (χ2n) is 9.91. The number of nitrogens with zero attached hydrogens (tertiary/aromatic N) is 5. The van der Waals surface area contributed by atoms with Crippen molar-refractivity contribution in [2.75, 3.05) is 31.5 Å². The molecule has 3 heterocycles. The van der Waals surface area contributed by atoms with E-state index in [0.717, 1.165) is 27.4 Å². The maximum absolute atomic E-state index is 13.1. The number of rotatable bonds is 3. The molecule has 4 rings (SSSR count). The Morgan fingerprint density at radius 1 is 1.00 bits per heavy atom. The molecule has 2 aromatic heterocycles. The van der Waals surface area contributed by atoms with Gasteiger partial charge in [-0.25, -0.2) is 14.6 Å². The molecule has 9 nitrogen and oxygen atoms in total. The summed E-state index contributed by atoms with van der Waals surface area (Å²) < 4.78 is 5.44. The Kier molecular flexibility index (Phi) is 7.45. The van der Waals surface area contributed by atoms with Crippen LogP contribution in [0, 0.1) is 25.2 Å². The third kappa shape index (κ3) is 6.43. The zero-order valence-electron chi connectivity index (χ0n) is 21.7. The number of ether oxygens (including phenoxy) is 1. The van der Waals surface area contributed by atoms with Gasteiger partial charge in [0.2, 0.25) is 0 Å². The highest BCUT2D eigenvalue weighted by Crippen LogP contribution is 2.39. The normalized spacial score (nSPS) is 13.7. The van der Waals surface area contributed by atoms with E-state index in [2.05, 4.69) is 16.4 Å². The van der Waals surface area contributed by atoms with E-state index in [9.17, 15) is 14.9 Å². The average molecular weight is 519 g/mol. The first-order valence-corrected chi connectivity index (χ1v) is 12.8. The molecule has 1 N–H and O–H groups in total. The van der Waals surface area contributed by atoms with Gasteiger partial charge in [0.15, 0.2) is 5.13 Å². The molecule has 0 unspecified atom stereocenters. The molecule has 0 spiro atoms. The maximum Gasteiger partial charge on any atom is 0.410 e. The molecule has 0 atom stereocenters. The fraction of sp³-hybridized carbons (Fsp3) is 0.370. The van der Waals surface area contributed by atoms with E-state index in [-0.39, 0.29) is 12.1 Å². The minimum atomic E-state index is -0.565. The Hall–Kier alpha value is -3.97. The highest BCUT2D eigenvalue weighted by molar-refractivity contribution is 7.19. The molecule has 1 saturated heterocycles. The summed E-state index contributed by atoms with van der Waals surface area (Å²) in [5.74, 6) is 0. The number of thiazole rings is 1. The SMILES string of the molecule is Cc1cc(-c2sc(NC(=O)N3CCN(C(=O)OC(C)(C)C)CC3)nc2-c2cccc(C#N)c2)cc(C)n1. The number of nitrogens with one attached hydrogen (secondary N) is 1. The van der Waals surface area contributed by atoms with Gasteiger partial charge in [0.1, 0.15) is 5.60 Å². The summed E-state index contributed by atoms with van der Waals surface area (Å²) in [5.41, 5.74) is 4.17. The fourth-order valence-electron chi connectivity index (χ4n) is 4.06. The Balaban J connectivity index is 1.55. The molecule has 1 aromatic carbocycles. The van der Waals surface area contributed by atoms with Crippen LogP contribution < -0.4 is 5.32 Å². The van der Waals surface area contributed by atoms with E-state index in [1.807, 2.05) is 58.9 Å². The van der Waals surface area contributed by atoms with Crippen LogP contribution in [0.2, 0.25) is 0 Å². The van der Waals surface area contributed by atoms with Crippen LogP contribution in [-0.2, 0) is 4.74 Å². The molecule has 0 bridgehead atoms. The summed E-state index contributed by atoms with van der Waals surface area (Å²) >= 11 is 1.38. The van der Waals surface area contributed by atoms with Gasteiger partial charge in [-0.3, -0.25) is 10.3 Å². The number of hydrogen-bond donors (Lipinski definition) is 1. The quantitative estimate of drug-likeness (QED) is 0.494. The number of nitriles is 1. The number of amides is 3. The van der Waals surface area contributed by atoms with Crippen molar-refractivity contribution in [3.05, 3.63) is 53.3 Å². The van der Waals surface area contributed by atoms with Crippen molar-refractivity contribution < 1.29 is 14.3 Å². The monoisotopic (exact) mass is 518 g/mol. The van der Waals surface area contributed by atoms with Gasteiger partial charge in [0.25, 0.3) is 0 Å². The number of aromatic nitrogens is 2. The van der Waals surface area contributed by atoms with Crippen molar-refractivity contribution in [3.8, 4) is 27.8 Å². The van der Waals surface area contributed by atoms with Crippen LogP contribution in [0.4, 0.5) is 14.7 Å². The largest absolute Gasteiger partial charge is 0.444 e. The van der Waals surface area contributed by atoms with Crippen LogP contribution in [0.5, 0.6) is 0 Å². The highest BCUT2D eigenvalue weighted by atomic mass is 32.1. The van der Waals surface area contributed by atoms with E-state index < -0.39 is 5.60 Å². The number of pyridine rings is 1. The molecule has 37 heavy (non-hydrogen) atoms.